The van der Waals surface area contributed by atoms with Gasteiger partial charge < -0.3 is 5.32 Å². The monoisotopic (exact) mass is 294 g/mol. The highest BCUT2D eigenvalue weighted by Gasteiger charge is 2.39. The summed E-state index contributed by atoms with van der Waals surface area (Å²) >= 11 is 0. The fraction of sp³-hybridized carbons (Fsp3) is 0.600. The van der Waals surface area contributed by atoms with Crippen molar-refractivity contribution in [2.24, 2.45) is 5.92 Å². The van der Waals surface area contributed by atoms with E-state index in [1.807, 2.05) is 30.3 Å². The molecule has 2 fully saturated rings. The number of fused-ring (bicyclic) bond motifs is 1. The molecule has 0 spiro atoms. The van der Waals surface area contributed by atoms with Gasteiger partial charge in [-0.05, 0) is 37.3 Å². The van der Waals surface area contributed by atoms with Crippen molar-refractivity contribution in [3.8, 4) is 0 Å². The Kier molecular flexibility index (Phi) is 4.10. The minimum absolute atomic E-state index is 0.219. The summed E-state index contributed by atoms with van der Waals surface area (Å²) < 4.78 is 26.6. The van der Waals surface area contributed by atoms with E-state index in [0.717, 1.165) is 18.5 Å². The minimum atomic E-state index is -3.12. The summed E-state index contributed by atoms with van der Waals surface area (Å²) in [4.78, 5) is 0. The number of nitrogens with zero attached hydrogens (tertiary/aromatic N) is 1. The normalized spacial score (nSPS) is 27.4. The molecule has 1 N–H and O–H groups in total. The zero-order chi connectivity index (χ0) is 14.0. The van der Waals surface area contributed by atoms with Gasteiger partial charge in [0.25, 0.3) is 0 Å². The molecule has 2 heterocycles. The van der Waals surface area contributed by atoms with Crippen LogP contribution in [0, 0.1) is 5.92 Å². The van der Waals surface area contributed by atoms with E-state index in [-0.39, 0.29) is 5.75 Å². The average molecular weight is 294 g/mol. The Labute approximate surface area is 121 Å². The first kappa shape index (κ1) is 14.0. The predicted octanol–water partition coefficient (Wildman–Crippen LogP) is 1.24. The highest BCUT2D eigenvalue weighted by Crippen LogP contribution is 2.27. The molecule has 0 aromatic heterocycles. The lowest BCUT2D eigenvalue weighted by atomic mass is 9.94. The van der Waals surface area contributed by atoms with Crippen LogP contribution in [-0.2, 0) is 16.4 Å². The van der Waals surface area contributed by atoms with Crippen molar-refractivity contribution in [3.63, 3.8) is 0 Å². The predicted molar refractivity (Wildman–Crippen MR) is 80.0 cm³/mol. The second-order valence-corrected chi connectivity index (χ2v) is 7.92. The Balaban J connectivity index is 1.61. The van der Waals surface area contributed by atoms with Crippen molar-refractivity contribution < 1.29 is 8.42 Å². The first-order valence-corrected chi connectivity index (χ1v) is 9.01. The molecule has 0 radical (unpaired) electrons. The average Bonchev–Trinajstić information content (AvgIpc) is 2.91. The molecule has 3 rings (SSSR count). The van der Waals surface area contributed by atoms with Gasteiger partial charge in [-0.25, -0.2) is 12.7 Å². The molecular weight excluding hydrogens is 272 g/mol. The summed E-state index contributed by atoms with van der Waals surface area (Å²) in [5, 5.41) is 3.45. The molecule has 0 amide bonds. The van der Waals surface area contributed by atoms with E-state index in [9.17, 15) is 8.42 Å². The van der Waals surface area contributed by atoms with Crippen LogP contribution in [0.1, 0.15) is 18.4 Å². The fourth-order valence-electron chi connectivity index (χ4n) is 3.25. The van der Waals surface area contributed by atoms with Crippen LogP contribution in [0.2, 0.25) is 0 Å². The lowest BCUT2D eigenvalue weighted by Crippen LogP contribution is -2.41. The van der Waals surface area contributed by atoms with E-state index >= 15 is 0 Å². The van der Waals surface area contributed by atoms with Gasteiger partial charge in [-0.3, -0.25) is 0 Å². The SMILES string of the molecule is O=S(=O)(CCc1ccccc1)N1CC2CCCNC2C1. The van der Waals surface area contributed by atoms with Crippen LogP contribution < -0.4 is 5.32 Å². The molecule has 1 aromatic rings. The molecule has 2 atom stereocenters. The molecule has 110 valence electrons. The summed E-state index contributed by atoms with van der Waals surface area (Å²) in [6.45, 7) is 2.38. The number of benzene rings is 1. The van der Waals surface area contributed by atoms with Gasteiger partial charge in [-0.1, -0.05) is 30.3 Å². The van der Waals surface area contributed by atoms with Gasteiger partial charge in [0.1, 0.15) is 0 Å². The van der Waals surface area contributed by atoms with E-state index in [1.165, 1.54) is 6.42 Å². The van der Waals surface area contributed by atoms with Gasteiger partial charge in [0.2, 0.25) is 10.0 Å². The van der Waals surface area contributed by atoms with Gasteiger partial charge >= 0.3 is 0 Å². The first-order valence-electron chi connectivity index (χ1n) is 7.40. The van der Waals surface area contributed by atoms with Gasteiger partial charge in [-0.15, -0.1) is 0 Å². The zero-order valence-corrected chi connectivity index (χ0v) is 12.5. The van der Waals surface area contributed by atoms with Crippen LogP contribution in [0.4, 0.5) is 0 Å². The molecule has 2 aliphatic heterocycles. The quantitative estimate of drug-likeness (QED) is 0.909. The Morgan fingerprint density at radius 1 is 1.20 bits per heavy atom. The molecule has 20 heavy (non-hydrogen) atoms. The largest absolute Gasteiger partial charge is 0.312 e. The zero-order valence-electron chi connectivity index (χ0n) is 11.7. The number of hydrogen-bond acceptors (Lipinski definition) is 3. The molecule has 2 saturated heterocycles. The molecule has 4 nitrogen and oxygen atoms in total. The summed E-state index contributed by atoms with van der Waals surface area (Å²) in [5.41, 5.74) is 1.09. The topological polar surface area (TPSA) is 49.4 Å². The molecular formula is C15H22N2O2S. The maximum absolute atomic E-state index is 12.4. The summed E-state index contributed by atoms with van der Waals surface area (Å²) in [5.74, 6) is 0.728. The van der Waals surface area contributed by atoms with E-state index in [1.54, 1.807) is 4.31 Å². The summed E-state index contributed by atoms with van der Waals surface area (Å²) in [6, 6.07) is 10.2. The van der Waals surface area contributed by atoms with E-state index < -0.39 is 10.0 Å². The third kappa shape index (κ3) is 3.05. The number of aryl methyl sites for hydroxylation is 1. The summed E-state index contributed by atoms with van der Waals surface area (Å²) in [6.07, 6.45) is 2.92. The van der Waals surface area contributed by atoms with E-state index in [2.05, 4.69) is 5.32 Å². The van der Waals surface area contributed by atoms with Gasteiger partial charge in [0.05, 0.1) is 5.75 Å². The second-order valence-electron chi connectivity index (χ2n) is 5.83. The fourth-order valence-corrected chi connectivity index (χ4v) is 4.81. The van der Waals surface area contributed by atoms with Crippen LogP contribution in [0.25, 0.3) is 0 Å². The third-order valence-corrected chi connectivity index (χ3v) is 6.26. The Bertz CT molecular complexity index is 530. The van der Waals surface area contributed by atoms with E-state index in [0.29, 0.717) is 31.5 Å². The minimum Gasteiger partial charge on any atom is -0.312 e. The molecule has 0 saturated carbocycles. The second kappa shape index (κ2) is 5.84. The van der Waals surface area contributed by atoms with Crippen molar-refractivity contribution >= 4 is 10.0 Å². The Morgan fingerprint density at radius 2 is 2.00 bits per heavy atom. The maximum atomic E-state index is 12.4. The number of piperidine rings is 1. The van der Waals surface area contributed by atoms with Gasteiger partial charge in [0, 0.05) is 19.1 Å². The van der Waals surface area contributed by atoms with Gasteiger partial charge in [0.15, 0.2) is 0 Å². The molecule has 1 aromatic carbocycles. The van der Waals surface area contributed by atoms with Crippen LogP contribution >= 0.6 is 0 Å². The van der Waals surface area contributed by atoms with Crippen molar-refractivity contribution in [1.82, 2.24) is 9.62 Å². The Morgan fingerprint density at radius 3 is 2.75 bits per heavy atom. The number of rotatable bonds is 4. The van der Waals surface area contributed by atoms with Crippen molar-refractivity contribution in [1.29, 1.82) is 0 Å². The highest BCUT2D eigenvalue weighted by atomic mass is 32.2. The first-order chi connectivity index (χ1) is 9.65. The van der Waals surface area contributed by atoms with Crippen molar-refractivity contribution in [3.05, 3.63) is 35.9 Å². The highest BCUT2D eigenvalue weighted by molar-refractivity contribution is 7.89. The third-order valence-electron chi connectivity index (χ3n) is 4.45. The standard InChI is InChI=1S/C15H22N2O2S/c18-20(19,10-8-13-5-2-1-3-6-13)17-11-14-7-4-9-16-15(14)12-17/h1-3,5-6,14-16H,4,7-12H2. The van der Waals surface area contributed by atoms with E-state index in [4.69, 9.17) is 0 Å². The molecule has 5 heteroatoms. The lowest BCUT2D eigenvalue weighted by Gasteiger charge is -2.24. The molecule has 2 unspecified atom stereocenters. The number of hydrogen-bond donors (Lipinski definition) is 1. The van der Waals surface area contributed by atoms with Gasteiger partial charge in [-0.2, -0.15) is 0 Å². The van der Waals surface area contributed by atoms with Crippen molar-refractivity contribution in [2.75, 3.05) is 25.4 Å². The molecule has 2 aliphatic rings. The number of sulfonamides is 1. The smallest absolute Gasteiger partial charge is 0.214 e. The van der Waals surface area contributed by atoms with Crippen LogP contribution in [0.15, 0.2) is 30.3 Å². The van der Waals surface area contributed by atoms with Crippen LogP contribution in [0.5, 0.6) is 0 Å². The van der Waals surface area contributed by atoms with Crippen LogP contribution in [0.3, 0.4) is 0 Å². The maximum Gasteiger partial charge on any atom is 0.214 e. The molecule has 0 bridgehead atoms. The lowest BCUT2D eigenvalue weighted by molar-refractivity contribution is 0.339. The Hall–Kier alpha value is -0.910. The van der Waals surface area contributed by atoms with Crippen LogP contribution in [-0.4, -0.2) is 44.2 Å². The summed E-state index contributed by atoms with van der Waals surface area (Å²) in [7, 11) is -3.12. The number of nitrogens with one attached hydrogen (secondary N) is 1. The molecule has 0 aliphatic carbocycles. The van der Waals surface area contributed by atoms with Crippen molar-refractivity contribution in [2.45, 2.75) is 25.3 Å².